The molecular weight excluding hydrogens is 429 g/mol. The van der Waals surface area contributed by atoms with Gasteiger partial charge in [-0.1, -0.05) is 47.6 Å². The Morgan fingerprint density at radius 2 is 1.61 bits per heavy atom. The Hall–Kier alpha value is -2.50. The first-order valence-corrected chi connectivity index (χ1v) is 11.1. The van der Waals surface area contributed by atoms with Crippen molar-refractivity contribution in [1.29, 1.82) is 0 Å². The predicted molar refractivity (Wildman–Crippen MR) is 129 cm³/mol. The Kier molecular flexibility index (Phi) is 10.0. The number of carbonyl (C=O) groups excluding carboxylic acids is 1. The van der Waals surface area contributed by atoms with E-state index in [1.807, 2.05) is 32.9 Å². The van der Waals surface area contributed by atoms with Crippen LogP contribution in [0.2, 0.25) is 0 Å². The highest BCUT2D eigenvalue weighted by Gasteiger charge is 2.27. The molecule has 0 heterocycles. The van der Waals surface area contributed by atoms with Crippen LogP contribution in [0.4, 0.5) is 13.2 Å². The number of rotatable bonds is 8. The lowest BCUT2D eigenvalue weighted by Crippen LogP contribution is -2.20. The molecule has 3 nitrogen and oxygen atoms in total. The molecule has 0 N–H and O–H groups in total. The third kappa shape index (κ3) is 9.10. The van der Waals surface area contributed by atoms with Gasteiger partial charge in [0.2, 0.25) is 0 Å². The summed E-state index contributed by atoms with van der Waals surface area (Å²) < 4.78 is 51.2. The topological polar surface area (TPSA) is 35.5 Å². The van der Waals surface area contributed by atoms with Crippen LogP contribution in [0.1, 0.15) is 79.0 Å². The zero-order valence-corrected chi connectivity index (χ0v) is 21.2. The fourth-order valence-corrected chi connectivity index (χ4v) is 3.17. The molecule has 0 aliphatic carbocycles. The molecular formula is C27H37F3O3. The lowest BCUT2D eigenvalue weighted by atomic mass is 9.78. The number of benzene rings is 1. The maximum absolute atomic E-state index is 14.8. The standard InChI is InChI=1S/C27H37F3O3/c1-10-32-24(31)12-17(2)11-20(28)13-18(3)21-14-19(26(4,5)6)15-22(27(7,8)9)25(21)33-16-23(29)30/h11-15,23H,10,16H2,1-9H3. The average molecular weight is 467 g/mol. The van der Waals surface area contributed by atoms with E-state index in [2.05, 4.69) is 20.8 Å². The monoisotopic (exact) mass is 466 g/mol. The number of ether oxygens (including phenoxy) is 2. The third-order valence-electron chi connectivity index (χ3n) is 4.89. The summed E-state index contributed by atoms with van der Waals surface area (Å²) in [5.74, 6) is -0.796. The van der Waals surface area contributed by atoms with Gasteiger partial charge in [-0.2, -0.15) is 0 Å². The number of halogens is 3. The summed E-state index contributed by atoms with van der Waals surface area (Å²) in [5.41, 5.74) is 2.63. The first-order chi connectivity index (χ1) is 15.1. The Bertz CT molecular complexity index is 927. The second kappa shape index (κ2) is 11.6. The highest BCUT2D eigenvalue weighted by Crippen LogP contribution is 2.41. The molecule has 0 aromatic heterocycles. The minimum Gasteiger partial charge on any atom is -0.487 e. The highest BCUT2D eigenvalue weighted by atomic mass is 19.3. The van der Waals surface area contributed by atoms with Gasteiger partial charge in [-0.15, -0.1) is 0 Å². The molecule has 0 atom stereocenters. The summed E-state index contributed by atoms with van der Waals surface area (Å²) in [6, 6.07) is 3.85. The van der Waals surface area contributed by atoms with E-state index < -0.39 is 24.8 Å². The molecule has 0 saturated carbocycles. The zero-order chi connectivity index (χ0) is 25.6. The Labute approximate surface area is 196 Å². The average Bonchev–Trinajstić information content (AvgIpc) is 2.63. The number of allylic oxidation sites excluding steroid dienone is 5. The van der Waals surface area contributed by atoms with Gasteiger partial charge in [0.1, 0.15) is 18.2 Å². The fourth-order valence-electron chi connectivity index (χ4n) is 3.17. The molecule has 184 valence electrons. The predicted octanol–water partition coefficient (Wildman–Crippen LogP) is 7.69. The minimum absolute atomic E-state index is 0.219. The second-order valence-electron chi connectivity index (χ2n) is 10.1. The van der Waals surface area contributed by atoms with Gasteiger partial charge in [-0.05, 0) is 66.5 Å². The van der Waals surface area contributed by atoms with Crippen LogP contribution in [0.3, 0.4) is 0 Å². The number of hydrogen-bond donors (Lipinski definition) is 0. The van der Waals surface area contributed by atoms with Crippen molar-refractivity contribution in [2.75, 3.05) is 13.2 Å². The second-order valence-corrected chi connectivity index (χ2v) is 10.1. The first kappa shape index (κ1) is 28.5. The summed E-state index contributed by atoms with van der Waals surface area (Å²) in [6.07, 6.45) is 1.11. The van der Waals surface area contributed by atoms with Crippen LogP contribution >= 0.6 is 0 Å². The van der Waals surface area contributed by atoms with Gasteiger partial charge in [0.25, 0.3) is 6.43 Å². The zero-order valence-electron chi connectivity index (χ0n) is 21.2. The molecule has 1 rings (SSSR count). The number of alkyl halides is 2. The van der Waals surface area contributed by atoms with Crippen LogP contribution in [0.15, 0.2) is 41.8 Å². The van der Waals surface area contributed by atoms with Crippen LogP contribution in [0.25, 0.3) is 5.57 Å². The van der Waals surface area contributed by atoms with Crippen molar-refractivity contribution in [3.63, 3.8) is 0 Å². The molecule has 0 saturated heterocycles. The smallest absolute Gasteiger partial charge is 0.331 e. The lowest BCUT2D eigenvalue weighted by Gasteiger charge is -2.29. The normalized spacial score (nSPS) is 14.0. The van der Waals surface area contributed by atoms with Crippen molar-refractivity contribution >= 4 is 11.5 Å². The number of hydrogen-bond acceptors (Lipinski definition) is 3. The molecule has 1 aromatic rings. The molecule has 1 aromatic carbocycles. The van der Waals surface area contributed by atoms with E-state index in [0.717, 1.165) is 11.1 Å². The first-order valence-electron chi connectivity index (χ1n) is 11.1. The molecule has 0 aliphatic rings. The number of esters is 1. The van der Waals surface area contributed by atoms with Crippen molar-refractivity contribution in [3.8, 4) is 5.75 Å². The molecule has 0 bridgehead atoms. The van der Waals surface area contributed by atoms with E-state index in [4.69, 9.17) is 9.47 Å². The summed E-state index contributed by atoms with van der Waals surface area (Å²) in [5, 5.41) is 0. The molecule has 0 amide bonds. The van der Waals surface area contributed by atoms with Gasteiger partial charge >= 0.3 is 5.97 Å². The Morgan fingerprint density at radius 3 is 2.09 bits per heavy atom. The molecule has 0 fully saturated rings. The highest BCUT2D eigenvalue weighted by molar-refractivity contribution is 5.83. The minimum atomic E-state index is -2.63. The van der Waals surface area contributed by atoms with Crippen LogP contribution < -0.4 is 4.74 Å². The van der Waals surface area contributed by atoms with Crippen LogP contribution in [-0.2, 0) is 20.4 Å². The summed E-state index contributed by atoms with van der Waals surface area (Å²) >= 11 is 0. The van der Waals surface area contributed by atoms with E-state index in [1.165, 1.54) is 18.2 Å². The van der Waals surface area contributed by atoms with Crippen LogP contribution in [-0.4, -0.2) is 25.6 Å². The van der Waals surface area contributed by atoms with Crippen molar-refractivity contribution in [1.82, 2.24) is 0 Å². The van der Waals surface area contributed by atoms with Crippen LogP contribution in [0, 0.1) is 0 Å². The largest absolute Gasteiger partial charge is 0.487 e. The van der Waals surface area contributed by atoms with Gasteiger partial charge in [0, 0.05) is 17.2 Å². The summed E-state index contributed by atoms with van der Waals surface area (Å²) in [4.78, 5) is 11.6. The van der Waals surface area contributed by atoms with E-state index in [9.17, 15) is 18.0 Å². The molecule has 0 unspecified atom stereocenters. The Morgan fingerprint density at radius 1 is 1.00 bits per heavy atom. The van der Waals surface area contributed by atoms with E-state index in [0.29, 0.717) is 22.5 Å². The number of carbonyl (C=O) groups is 1. The van der Waals surface area contributed by atoms with Gasteiger partial charge in [0.15, 0.2) is 0 Å². The van der Waals surface area contributed by atoms with E-state index in [1.54, 1.807) is 20.8 Å². The van der Waals surface area contributed by atoms with E-state index >= 15 is 0 Å². The van der Waals surface area contributed by atoms with Gasteiger partial charge in [0.05, 0.1) is 6.61 Å². The maximum atomic E-state index is 14.8. The SMILES string of the molecule is CCOC(=O)C=C(C)C=C(F)C=C(C)c1cc(C(C)(C)C)cc(C(C)(C)C)c1OCC(F)F. The van der Waals surface area contributed by atoms with Gasteiger partial charge < -0.3 is 9.47 Å². The fraction of sp³-hybridized carbons (Fsp3) is 0.519. The lowest BCUT2D eigenvalue weighted by molar-refractivity contribution is -0.137. The quantitative estimate of drug-likeness (QED) is 0.224. The van der Waals surface area contributed by atoms with Gasteiger partial charge in [-0.3, -0.25) is 0 Å². The van der Waals surface area contributed by atoms with Crippen molar-refractivity contribution in [2.45, 2.75) is 79.6 Å². The molecule has 0 aliphatic heterocycles. The molecule has 0 radical (unpaired) electrons. The van der Waals surface area contributed by atoms with Crippen molar-refractivity contribution < 1.29 is 27.4 Å². The van der Waals surface area contributed by atoms with E-state index in [-0.39, 0.29) is 17.4 Å². The van der Waals surface area contributed by atoms with Gasteiger partial charge in [-0.25, -0.2) is 18.0 Å². The van der Waals surface area contributed by atoms with Crippen molar-refractivity contribution in [3.05, 3.63) is 58.5 Å². The van der Waals surface area contributed by atoms with Crippen LogP contribution in [0.5, 0.6) is 5.75 Å². The molecule has 0 spiro atoms. The summed E-state index contributed by atoms with van der Waals surface area (Å²) in [7, 11) is 0. The summed E-state index contributed by atoms with van der Waals surface area (Å²) in [6.45, 7) is 16.6. The molecule has 6 heteroatoms. The van der Waals surface area contributed by atoms with Crippen molar-refractivity contribution in [2.24, 2.45) is 0 Å². The maximum Gasteiger partial charge on any atom is 0.331 e. The third-order valence-corrected chi connectivity index (χ3v) is 4.89. The molecule has 33 heavy (non-hydrogen) atoms. The Balaban J connectivity index is 3.65.